The number of hydrogen-bond donors (Lipinski definition) is 2. The highest BCUT2D eigenvalue weighted by atomic mass is 32.2. The van der Waals surface area contributed by atoms with Gasteiger partial charge in [-0.1, -0.05) is 25.7 Å². The molecule has 1 spiro atoms. The molecule has 2 saturated carbocycles. The van der Waals surface area contributed by atoms with Gasteiger partial charge in [-0.05, 0) is 49.7 Å². The molecule has 0 bridgehead atoms. The summed E-state index contributed by atoms with van der Waals surface area (Å²) in [7, 11) is -1.08. The lowest BCUT2D eigenvalue weighted by Gasteiger charge is -2.44. The van der Waals surface area contributed by atoms with Crippen LogP contribution in [0.15, 0.2) is 17.0 Å². The molecule has 0 saturated heterocycles. The quantitative estimate of drug-likeness (QED) is 0.695. The number of primary amides is 1. The molecular weight excluding hydrogens is 441 g/mol. The summed E-state index contributed by atoms with van der Waals surface area (Å²) in [5, 5.41) is 3.42. The Morgan fingerprint density at radius 1 is 1.15 bits per heavy atom. The number of rotatable bonds is 4. The van der Waals surface area contributed by atoms with Crippen LogP contribution in [-0.4, -0.2) is 26.5 Å². The lowest BCUT2D eigenvalue weighted by atomic mass is 9.67. The summed E-state index contributed by atoms with van der Waals surface area (Å²) in [5.41, 5.74) is 9.68. The minimum atomic E-state index is -1.08. The molecule has 8 heteroatoms. The van der Waals surface area contributed by atoms with Crippen molar-refractivity contribution in [3.63, 3.8) is 0 Å². The van der Waals surface area contributed by atoms with Crippen LogP contribution in [0.4, 0.5) is 10.1 Å². The number of hydrogen-bond acceptors (Lipinski definition) is 4. The maximum absolute atomic E-state index is 15.4. The Bertz CT molecular complexity index is 1160. The Morgan fingerprint density at radius 2 is 1.94 bits per heavy atom. The highest BCUT2D eigenvalue weighted by Crippen LogP contribution is 2.51. The molecular formula is C25H30FN3O3S. The van der Waals surface area contributed by atoms with Gasteiger partial charge in [0.25, 0.3) is 5.91 Å². The number of halogens is 1. The molecule has 1 aromatic carbocycles. The Morgan fingerprint density at radius 3 is 2.64 bits per heavy atom. The van der Waals surface area contributed by atoms with E-state index in [1.165, 1.54) is 18.9 Å². The molecule has 2 fully saturated rings. The van der Waals surface area contributed by atoms with Crippen molar-refractivity contribution in [3.8, 4) is 5.69 Å². The fourth-order valence-electron chi connectivity index (χ4n) is 6.30. The number of nitrogens with zero attached hydrogens (tertiary/aromatic N) is 1. The number of carbonyl (C=O) groups excluding carboxylic acids is 1. The number of benzene rings is 1. The number of nitrogens with two attached hydrogens (primary N) is 1. The van der Waals surface area contributed by atoms with Crippen molar-refractivity contribution in [1.82, 2.24) is 4.57 Å². The van der Waals surface area contributed by atoms with Crippen LogP contribution in [0, 0.1) is 11.2 Å². The van der Waals surface area contributed by atoms with Gasteiger partial charge in [0, 0.05) is 23.1 Å². The molecule has 2 aliphatic carbocycles. The highest BCUT2D eigenvalue weighted by molar-refractivity contribution is 7.85. The van der Waals surface area contributed by atoms with E-state index in [4.69, 9.17) is 10.5 Å². The molecule has 1 unspecified atom stereocenters. The van der Waals surface area contributed by atoms with Gasteiger partial charge in [-0.3, -0.25) is 9.00 Å². The minimum Gasteiger partial charge on any atom is -0.382 e. The summed E-state index contributed by atoms with van der Waals surface area (Å²) in [5.74, 6) is -0.682. The molecule has 3 heterocycles. The van der Waals surface area contributed by atoms with Gasteiger partial charge in [0.2, 0.25) is 0 Å². The van der Waals surface area contributed by atoms with Crippen LogP contribution in [-0.2, 0) is 35.2 Å². The molecule has 0 radical (unpaired) electrons. The molecule has 3 N–H and O–H groups in total. The first-order valence-corrected chi connectivity index (χ1v) is 13.4. The van der Waals surface area contributed by atoms with Crippen LogP contribution in [0.5, 0.6) is 0 Å². The highest BCUT2D eigenvalue weighted by Gasteiger charge is 2.46. The topological polar surface area (TPSA) is 86.4 Å². The van der Waals surface area contributed by atoms with Crippen LogP contribution in [0.1, 0.15) is 78.7 Å². The zero-order valence-electron chi connectivity index (χ0n) is 18.8. The van der Waals surface area contributed by atoms with Gasteiger partial charge in [0.1, 0.15) is 5.82 Å². The number of nitrogens with one attached hydrogen (secondary N) is 1. The van der Waals surface area contributed by atoms with Crippen LogP contribution < -0.4 is 11.1 Å². The molecule has 6 nitrogen and oxygen atoms in total. The molecule has 1 atom stereocenters. The molecule has 6 rings (SSSR count). The molecule has 2 aromatic rings. The average Bonchev–Trinajstić information content (AvgIpc) is 3.32. The second-order valence-corrected chi connectivity index (χ2v) is 11.6. The zero-order valence-corrected chi connectivity index (χ0v) is 19.6. The van der Waals surface area contributed by atoms with E-state index in [1.54, 1.807) is 0 Å². The lowest BCUT2D eigenvalue weighted by molar-refractivity contribution is 0.0997. The first-order valence-electron chi connectivity index (χ1n) is 12.1. The molecule has 33 heavy (non-hydrogen) atoms. The second-order valence-electron chi connectivity index (χ2n) is 10.2. The minimum absolute atomic E-state index is 0.0858. The van der Waals surface area contributed by atoms with E-state index < -0.39 is 22.5 Å². The lowest BCUT2D eigenvalue weighted by Crippen LogP contribution is -2.41. The largest absolute Gasteiger partial charge is 0.382 e. The SMILES string of the molecule is NC(=O)c1c(F)cc(-n2c3c(c4c2CC2(CCC2)CS4=O)COC3)cc1NC1CCCCC1. The first kappa shape index (κ1) is 21.4. The van der Waals surface area contributed by atoms with Crippen LogP contribution in [0.3, 0.4) is 0 Å². The number of anilines is 1. The third kappa shape index (κ3) is 3.44. The molecule has 2 aliphatic heterocycles. The zero-order chi connectivity index (χ0) is 22.7. The number of ether oxygens (including phenoxy) is 1. The van der Waals surface area contributed by atoms with Crippen molar-refractivity contribution in [1.29, 1.82) is 0 Å². The Hall–Kier alpha value is -2.19. The van der Waals surface area contributed by atoms with Gasteiger partial charge < -0.3 is 20.4 Å². The van der Waals surface area contributed by atoms with Crippen molar-refractivity contribution in [2.75, 3.05) is 11.1 Å². The van der Waals surface area contributed by atoms with Crippen molar-refractivity contribution < 1.29 is 18.1 Å². The van der Waals surface area contributed by atoms with Gasteiger partial charge in [-0.15, -0.1) is 0 Å². The van der Waals surface area contributed by atoms with E-state index in [9.17, 15) is 9.00 Å². The van der Waals surface area contributed by atoms with Crippen LogP contribution >= 0.6 is 0 Å². The maximum atomic E-state index is 15.4. The van der Waals surface area contributed by atoms with Gasteiger partial charge in [-0.25, -0.2) is 4.39 Å². The Kier molecular flexibility index (Phi) is 5.14. The van der Waals surface area contributed by atoms with Crippen molar-refractivity contribution in [2.24, 2.45) is 11.1 Å². The van der Waals surface area contributed by atoms with Gasteiger partial charge in [0.05, 0.1) is 51.5 Å². The first-order chi connectivity index (χ1) is 16.0. The summed E-state index contributed by atoms with van der Waals surface area (Å²) in [4.78, 5) is 13.0. The molecule has 1 amide bonds. The van der Waals surface area contributed by atoms with E-state index in [0.717, 1.165) is 66.8 Å². The summed E-state index contributed by atoms with van der Waals surface area (Å²) in [6.45, 7) is 0.857. The maximum Gasteiger partial charge on any atom is 0.253 e. The van der Waals surface area contributed by atoms with Crippen molar-refractivity contribution in [3.05, 3.63) is 40.5 Å². The van der Waals surface area contributed by atoms with Crippen molar-refractivity contribution in [2.45, 2.75) is 81.9 Å². The predicted octanol–water partition coefficient (Wildman–Crippen LogP) is 4.32. The fraction of sp³-hybridized carbons (Fsp3) is 0.560. The third-order valence-electron chi connectivity index (χ3n) is 8.08. The molecule has 1 aromatic heterocycles. The monoisotopic (exact) mass is 471 g/mol. The van der Waals surface area contributed by atoms with Gasteiger partial charge in [0.15, 0.2) is 0 Å². The van der Waals surface area contributed by atoms with Crippen LogP contribution in [0.2, 0.25) is 0 Å². The predicted molar refractivity (Wildman–Crippen MR) is 124 cm³/mol. The normalized spacial score (nSPS) is 23.7. The number of fused-ring (bicyclic) bond motifs is 3. The summed E-state index contributed by atoms with van der Waals surface area (Å²) >= 11 is 0. The number of carbonyl (C=O) groups is 1. The second kappa shape index (κ2) is 7.94. The standard InChI is InChI=1S/C25H30FN3O3S/c26-18-9-16(10-19(22(18)24(27)30)28-15-5-2-1-3-6-15)29-20-11-25(7-4-8-25)14-33(31)23(20)17-12-32-13-21(17)29/h9-10,15,28H,1-8,11-14H2,(H2,27,30). The third-order valence-corrected chi connectivity index (χ3v) is 9.89. The van der Waals surface area contributed by atoms with E-state index >= 15 is 4.39 Å². The van der Waals surface area contributed by atoms with Crippen LogP contribution in [0.25, 0.3) is 5.69 Å². The van der Waals surface area contributed by atoms with Crippen molar-refractivity contribution >= 4 is 22.4 Å². The van der Waals surface area contributed by atoms with E-state index in [2.05, 4.69) is 9.88 Å². The Labute approximate surface area is 195 Å². The molecule has 4 aliphatic rings. The van der Waals surface area contributed by atoms with Gasteiger partial charge in [-0.2, -0.15) is 0 Å². The summed E-state index contributed by atoms with van der Waals surface area (Å²) in [6.07, 6.45) is 9.64. The van der Waals surface area contributed by atoms with E-state index in [0.29, 0.717) is 30.3 Å². The summed E-state index contributed by atoms with van der Waals surface area (Å²) in [6, 6.07) is 3.45. The Balaban J connectivity index is 1.49. The van der Waals surface area contributed by atoms with E-state index in [-0.39, 0.29) is 17.0 Å². The van der Waals surface area contributed by atoms with Gasteiger partial charge >= 0.3 is 0 Å². The number of amides is 1. The average molecular weight is 472 g/mol. The van der Waals surface area contributed by atoms with E-state index in [1.807, 2.05) is 6.07 Å². The molecule has 176 valence electrons. The summed E-state index contributed by atoms with van der Waals surface area (Å²) < 4.78 is 36.5. The smallest absolute Gasteiger partial charge is 0.253 e. The number of aromatic nitrogens is 1. The fourth-order valence-corrected chi connectivity index (χ4v) is 8.27.